The number of nitrogens with one attached hydrogen (secondary N) is 1. The maximum Gasteiger partial charge on any atom is 0.161 e. The molecule has 0 bridgehead atoms. The molecule has 0 radical (unpaired) electrons. The van der Waals surface area contributed by atoms with Crippen molar-refractivity contribution in [3.05, 3.63) is 23.8 Å². The fraction of sp³-hybridized carbons (Fsp3) is 0.625. The lowest BCUT2D eigenvalue weighted by Crippen LogP contribution is -2.18. The van der Waals surface area contributed by atoms with Gasteiger partial charge in [-0.2, -0.15) is 0 Å². The van der Waals surface area contributed by atoms with Gasteiger partial charge >= 0.3 is 0 Å². The molecule has 1 aliphatic rings. The molecule has 0 aromatic heterocycles. The van der Waals surface area contributed by atoms with Crippen LogP contribution in [0.5, 0.6) is 11.5 Å². The Balaban J connectivity index is 1.96. The van der Waals surface area contributed by atoms with E-state index in [4.69, 9.17) is 14.2 Å². The average Bonchev–Trinajstić information content (AvgIpc) is 2.88. The minimum Gasteiger partial charge on any atom is -0.493 e. The second-order valence-electron chi connectivity index (χ2n) is 5.22. The number of methoxy groups -OCH3 is 1. The zero-order valence-electron chi connectivity index (χ0n) is 12.6. The number of hydrogen-bond acceptors (Lipinski definition) is 4. The summed E-state index contributed by atoms with van der Waals surface area (Å²) >= 11 is 0. The van der Waals surface area contributed by atoms with Crippen LogP contribution in [0.2, 0.25) is 0 Å². The van der Waals surface area contributed by atoms with Crippen LogP contribution in [0.25, 0.3) is 0 Å². The molecule has 1 heterocycles. The van der Waals surface area contributed by atoms with E-state index in [9.17, 15) is 0 Å². The quantitative estimate of drug-likeness (QED) is 0.833. The van der Waals surface area contributed by atoms with Crippen molar-refractivity contribution < 1.29 is 14.2 Å². The topological polar surface area (TPSA) is 39.7 Å². The zero-order valence-corrected chi connectivity index (χ0v) is 12.6. The van der Waals surface area contributed by atoms with Crippen LogP contribution in [0.3, 0.4) is 0 Å². The largest absolute Gasteiger partial charge is 0.493 e. The third-order valence-electron chi connectivity index (χ3n) is 3.55. The van der Waals surface area contributed by atoms with Gasteiger partial charge in [-0.3, -0.25) is 0 Å². The molecule has 4 nitrogen and oxygen atoms in total. The standard InChI is InChI=1S/C16H25NO3/c1-4-17-10-13-6-8-15(18-3)16(9-13)19-11-14-7-5-12(2)20-14/h6,8-9,12,14,17H,4-5,7,10-11H2,1-3H3. The van der Waals surface area contributed by atoms with Crippen LogP contribution in [0.15, 0.2) is 18.2 Å². The van der Waals surface area contributed by atoms with Crippen LogP contribution >= 0.6 is 0 Å². The Morgan fingerprint density at radius 1 is 1.30 bits per heavy atom. The Labute approximate surface area is 121 Å². The molecule has 1 aromatic carbocycles. The van der Waals surface area contributed by atoms with E-state index in [1.54, 1.807) is 7.11 Å². The molecule has 0 aliphatic carbocycles. The van der Waals surface area contributed by atoms with Crippen LogP contribution in [-0.4, -0.2) is 32.5 Å². The minimum absolute atomic E-state index is 0.201. The van der Waals surface area contributed by atoms with E-state index in [2.05, 4.69) is 25.2 Å². The molecule has 1 saturated heterocycles. The maximum absolute atomic E-state index is 5.90. The molecular weight excluding hydrogens is 254 g/mol. The van der Waals surface area contributed by atoms with Gasteiger partial charge < -0.3 is 19.5 Å². The smallest absolute Gasteiger partial charge is 0.161 e. The van der Waals surface area contributed by atoms with Gasteiger partial charge in [-0.25, -0.2) is 0 Å². The number of ether oxygens (including phenoxy) is 3. The van der Waals surface area contributed by atoms with E-state index < -0.39 is 0 Å². The van der Waals surface area contributed by atoms with Gasteiger partial charge in [0, 0.05) is 6.54 Å². The highest BCUT2D eigenvalue weighted by Crippen LogP contribution is 2.29. The zero-order chi connectivity index (χ0) is 14.4. The summed E-state index contributed by atoms with van der Waals surface area (Å²) < 4.78 is 17.0. The summed E-state index contributed by atoms with van der Waals surface area (Å²) in [6.45, 7) is 6.59. The molecule has 1 aromatic rings. The number of rotatable bonds is 7. The highest BCUT2D eigenvalue weighted by Gasteiger charge is 2.22. The lowest BCUT2D eigenvalue weighted by atomic mass is 10.2. The van der Waals surface area contributed by atoms with Gasteiger partial charge in [-0.05, 0) is 44.0 Å². The molecular formula is C16H25NO3. The van der Waals surface area contributed by atoms with E-state index in [1.807, 2.05) is 12.1 Å². The van der Waals surface area contributed by atoms with Crippen molar-refractivity contribution in [3.8, 4) is 11.5 Å². The Bertz CT molecular complexity index is 422. The Morgan fingerprint density at radius 2 is 2.15 bits per heavy atom. The van der Waals surface area contributed by atoms with E-state index in [1.165, 1.54) is 5.56 Å². The van der Waals surface area contributed by atoms with E-state index in [-0.39, 0.29) is 6.10 Å². The predicted octanol–water partition coefficient (Wildman–Crippen LogP) is 2.75. The first-order valence-corrected chi connectivity index (χ1v) is 7.38. The molecule has 1 aliphatic heterocycles. The third-order valence-corrected chi connectivity index (χ3v) is 3.55. The summed E-state index contributed by atoms with van der Waals surface area (Å²) in [7, 11) is 1.67. The molecule has 20 heavy (non-hydrogen) atoms. The van der Waals surface area contributed by atoms with Crippen LogP contribution in [0, 0.1) is 0 Å². The fourth-order valence-electron chi connectivity index (χ4n) is 2.40. The average molecular weight is 279 g/mol. The first kappa shape index (κ1) is 15.1. The molecule has 0 amide bonds. The summed E-state index contributed by atoms with van der Waals surface area (Å²) in [4.78, 5) is 0. The second kappa shape index (κ2) is 7.50. The lowest BCUT2D eigenvalue weighted by Gasteiger charge is -2.16. The lowest BCUT2D eigenvalue weighted by molar-refractivity contribution is 0.0259. The first-order chi connectivity index (χ1) is 9.72. The highest BCUT2D eigenvalue weighted by atomic mass is 16.6. The van der Waals surface area contributed by atoms with Crippen LogP contribution < -0.4 is 14.8 Å². The van der Waals surface area contributed by atoms with Crippen LogP contribution in [-0.2, 0) is 11.3 Å². The third kappa shape index (κ3) is 4.12. The van der Waals surface area contributed by atoms with Gasteiger partial charge in [0.05, 0.1) is 19.3 Å². The van der Waals surface area contributed by atoms with Crippen molar-refractivity contribution in [1.82, 2.24) is 5.32 Å². The molecule has 2 unspecified atom stereocenters. The molecule has 112 valence electrons. The minimum atomic E-state index is 0.201. The molecule has 2 rings (SSSR count). The second-order valence-corrected chi connectivity index (χ2v) is 5.22. The maximum atomic E-state index is 5.90. The SMILES string of the molecule is CCNCc1ccc(OC)c(OCC2CCC(C)O2)c1. The van der Waals surface area contributed by atoms with Gasteiger partial charge in [-0.15, -0.1) is 0 Å². The van der Waals surface area contributed by atoms with Crippen molar-refractivity contribution in [2.75, 3.05) is 20.3 Å². The van der Waals surface area contributed by atoms with E-state index >= 15 is 0 Å². The Hall–Kier alpha value is -1.26. The van der Waals surface area contributed by atoms with Gasteiger partial charge in [0.1, 0.15) is 6.61 Å². The van der Waals surface area contributed by atoms with Crippen molar-refractivity contribution in [2.24, 2.45) is 0 Å². The van der Waals surface area contributed by atoms with Gasteiger partial charge in [0.25, 0.3) is 0 Å². The van der Waals surface area contributed by atoms with Gasteiger partial charge in [0.15, 0.2) is 11.5 Å². The summed E-state index contributed by atoms with van der Waals surface area (Å²) in [5.74, 6) is 1.57. The van der Waals surface area contributed by atoms with Crippen molar-refractivity contribution in [2.45, 2.75) is 45.4 Å². The van der Waals surface area contributed by atoms with Crippen molar-refractivity contribution in [3.63, 3.8) is 0 Å². The van der Waals surface area contributed by atoms with Crippen molar-refractivity contribution >= 4 is 0 Å². The van der Waals surface area contributed by atoms with Crippen LogP contribution in [0.4, 0.5) is 0 Å². The summed E-state index contributed by atoms with van der Waals surface area (Å²) in [5.41, 5.74) is 1.20. The molecule has 2 atom stereocenters. The summed E-state index contributed by atoms with van der Waals surface area (Å²) in [6.07, 6.45) is 2.74. The highest BCUT2D eigenvalue weighted by molar-refractivity contribution is 5.43. The van der Waals surface area contributed by atoms with Crippen molar-refractivity contribution in [1.29, 1.82) is 0 Å². The van der Waals surface area contributed by atoms with Gasteiger partial charge in [-0.1, -0.05) is 13.0 Å². The first-order valence-electron chi connectivity index (χ1n) is 7.38. The summed E-state index contributed by atoms with van der Waals surface area (Å²) in [5, 5.41) is 3.31. The van der Waals surface area contributed by atoms with Gasteiger partial charge in [0.2, 0.25) is 0 Å². The Kier molecular flexibility index (Phi) is 5.68. The monoisotopic (exact) mass is 279 g/mol. The predicted molar refractivity (Wildman–Crippen MR) is 79.4 cm³/mol. The molecule has 0 saturated carbocycles. The van der Waals surface area contributed by atoms with E-state index in [0.717, 1.165) is 37.4 Å². The molecule has 0 spiro atoms. The molecule has 1 fully saturated rings. The van der Waals surface area contributed by atoms with E-state index in [0.29, 0.717) is 12.7 Å². The normalized spacial score (nSPS) is 21.9. The van der Waals surface area contributed by atoms with Crippen LogP contribution in [0.1, 0.15) is 32.3 Å². The molecule has 1 N–H and O–H groups in total. The Morgan fingerprint density at radius 3 is 2.80 bits per heavy atom. The number of hydrogen-bond donors (Lipinski definition) is 1. The summed E-state index contributed by atoms with van der Waals surface area (Å²) in [6, 6.07) is 6.06. The molecule has 4 heteroatoms. The fourth-order valence-corrected chi connectivity index (χ4v) is 2.40. The number of benzene rings is 1.